The molecule has 0 aliphatic carbocycles. The Kier molecular flexibility index (Phi) is 7.17. The van der Waals surface area contributed by atoms with Crippen molar-refractivity contribution in [1.82, 2.24) is 5.32 Å². The number of halogens is 1. The molecule has 1 amide bonds. The number of nitrogens with zero attached hydrogens (tertiary/aromatic N) is 1. The summed E-state index contributed by atoms with van der Waals surface area (Å²) in [5.74, 6) is -0.122. The van der Waals surface area contributed by atoms with Crippen molar-refractivity contribution in [1.29, 1.82) is 0 Å². The van der Waals surface area contributed by atoms with Gasteiger partial charge in [-0.15, -0.1) is 11.3 Å². The van der Waals surface area contributed by atoms with Crippen molar-refractivity contribution in [2.24, 2.45) is 0 Å². The molecule has 0 fully saturated rings. The Bertz CT molecular complexity index is 1370. The molecule has 8 heteroatoms. The third-order valence-corrected chi connectivity index (χ3v) is 8.80. The fourth-order valence-corrected chi connectivity index (χ4v) is 6.26. The molecule has 1 N–H and O–H groups in total. The van der Waals surface area contributed by atoms with Crippen molar-refractivity contribution in [2.45, 2.75) is 18.2 Å². The number of thiophene rings is 1. The van der Waals surface area contributed by atoms with Gasteiger partial charge in [0.05, 0.1) is 15.5 Å². The Balaban J connectivity index is 1.53. The number of benzene rings is 3. The summed E-state index contributed by atoms with van der Waals surface area (Å²) < 4.78 is 29.6. The van der Waals surface area contributed by atoms with Crippen molar-refractivity contribution < 1.29 is 13.2 Å². The number of nitrogens with one attached hydrogen (secondary N) is 1. The second kappa shape index (κ2) is 10.1. The molecular formula is C25H23BrN2O3S2. The molecule has 1 aromatic heterocycles. The Hall–Kier alpha value is -2.68. The lowest BCUT2D eigenvalue weighted by Gasteiger charge is -2.23. The Morgan fingerprint density at radius 1 is 1.00 bits per heavy atom. The summed E-state index contributed by atoms with van der Waals surface area (Å²) in [6.07, 6.45) is 0.765. The monoisotopic (exact) mass is 542 g/mol. The van der Waals surface area contributed by atoms with Gasteiger partial charge in [-0.2, -0.15) is 0 Å². The van der Waals surface area contributed by atoms with E-state index in [-0.39, 0.29) is 10.8 Å². The number of rotatable bonds is 8. The van der Waals surface area contributed by atoms with Crippen molar-refractivity contribution >= 4 is 59.0 Å². The molecule has 0 radical (unpaired) electrons. The Labute approximate surface area is 206 Å². The number of sulfonamides is 1. The smallest absolute Gasteiger partial charge is 0.264 e. The molecule has 33 heavy (non-hydrogen) atoms. The Morgan fingerprint density at radius 3 is 2.42 bits per heavy atom. The number of amides is 1. The van der Waals surface area contributed by atoms with Gasteiger partial charge in [-0.3, -0.25) is 9.10 Å². The third kappa shape index (κ3) is 5.29. The molecule has 0 atom stereocenters. The summed E-state index contributed by atoms with van der Waals surface area (Å²) in [5.41, 5.74) is 1.74. The molecule has 0 saturated heterocycles. The van der Waals surface area contributed by atoms with Crippen LogP contribution in [0.4, 0.5) is 5.69 Å². The number of anilines is 1. The van der Waals surface area contributed by atoms with E-state index in [9.17, 15) is 13.2 Å². The summed E-state index contributed by atoms with van der Waals surface area (Å²) in [4.78, 5) is 13.5. The summed E-state index contributed by atoms with van der Waals surface area (Å²) in [6, 6.07) is 23.9. The molecular weight excluding hydrogens is 520 g/mol. The molecule has 1 heterocycles. The van der Waals surface area contributed by atoms with E-state index >= 15 is 0 Å². The summed E-state index contributed by atoms with van der Waals surface area (Å²) in [5, 5.41) is 3.81. The lowest BCUT2D eigenvalue weighted by atomic mass is 10.1. The van der Waals surface area contributed by atoms with Crippen LogP contribution in [0.2, 0.25) is 0 Å². The summed E-state index contributed by atoms with van der Waals surface area (Å²) in [7, 11) is -3.70. The van der Waals surface area contributed by atoms with Gasteiger partial charge in [0, 0.05) is 22.3 Å². The SMILES string of the molecule is CCN(c1ccc2sc(C(=O)NCCc3ccccc3)cc2c1)S(=O)(=O)c1ccc(Br)cc1. The highest BCUT2D eigenvalue weighted by molar-refractivity contribution is 9.10. The highest BCUT2D eigenvalue weighted by Gasteiger charge is 2.24. The van der Waals surface area contributed by atoms with E-state index in [1.807, 2.05) is 48.5 Å². The van der Waals surface area contributed by atoms with Crippen LogP contribution in [0.5, 0.6) is 0 Å². The van der Waals surface area contributed by atoms with Gasteiger partial charge < -0.3 is 5.32 Å². The molecule has 3 aromatic carbocycles. The number of carbonyl (C=O) groups is 1. The van der Waals surface area contributed by atoms with Crippen LogP contribution in [-0.2, 0) is 16.4 Å². The highest BCUT2D eigenvalue weighted by Crippen LogP contribution is 2.32. The fourth-order valence-electron chi connectivity index (χ4n) is 3.58. The predicted molar refractivity (Wildman–Crippen MR) is 139 cm³/mol. The van der Waals surface area contributed by atoms with Crippen molar-refractivity contribution in [3.63, 3.8) is 0 Å². The quantitative estimate of drug-likeness (QED) is 0.303. The first-order valence-corrected chi connectivity index (χ1v) is 13.6. The van der Waals surface area contributed by atoms with Crippen LogP contribution in [0.15, 0.2) is 88.2 Å². The zero-order valence-corrected chi connectivity index (χ0v) is 21.2. The van der Waals surface area contributed by atoms with Gasteiger partial charge in [0.25, 0.3) is 15.9 Å². The van der Waals surface area contributed by atoms with E-state index in [0.29, 0.717) is 23.7 Å². The van der Waals surface area contributed by atoms with Crippen molar-refractivity contribution in [3.8, 4) is 0 Å². The first-order chi connectivity index (χ1) is 15.9. The molecule has 5 nitrogen and oxygen atoms in total. The van der Waals surface area contributed by atoms with E-state index in [0.717, 1.165) is 21.0 Å². The zero-order valence-electron chi connectivity index (χ0n) is 18.0. The maximum absolute atomic E-state index is 13.2. The van der Waals surface area contributed by atoms with Gasteiger partial charge in [-0.25, -0.2) is 8.42 Å². The first kappa shape index (κ1) is 23.5. The maximum atomic E-state index is 13.2. The first-order valence-electron chi connectivity index (χ1n) is 10.5. The molecule has 0 spiro atoms. The minimum Gasteiger partial charge on any atom is -0.351 e. The van der Waals surface area contributed by atoms with Crippen LogP contribution in [0.1, 0.15) is 22.2 Å². The van der Waals surface area contributed by atoms with Crippen LogP contribution in [0.25, 0.3) is 10.1 Å². The van der Waals surface area contributed by atoms with Gasteiger partial charge in [0.2, 0.25) is 0 Å². The van der Waals surface area contributed by atoms with Gasteiger partial charge >= 0.3 is 0 Å². The lowest BCUT2D eigenvalue weighted by molar-refractivity contribution is 0.0958. The number of fused-ring (bicyclic) bond motifs is 1. The molecule has 0 unspecified atom stereocenters. The molecule has 4 aromatic rings. The third-order valence-electron chi connectivity index (χ3n) is 5.24. The van der Waals surface area contributed by atoms with Crippen LogP contribution >= 0.6 is 27.3 Å². The Morgan fingerprint density at radius 2 is 1.73 bits per heavy atom. The van der Waals surface area contributed by atoms with E-state index < -0.39 is 10.0 Å². The second-order valence-corrected chi connectivity index (χ2v) is 11.3. The maximum Gasteiger partial charge on any atom is 0.264 e. The largest absolute Gasteiger partial charge is 0.351 e. The van der Waals surface area contributed by atoms with E-state index in [2.05, 4.69) is 21.2 Å². The van der Waals surface area contributed by atoms with Crippen molar-refractivity contribution in [3.05, 3.63) is 93.8 Å². The van der Waals surface area contributed by atoms with Crippen LogP contribution in [0.3, 0.4) is 0 Å². The van der Waals surface area contributed by atoms with Crippen molar-refractivity contribution in [2.75, 3.05) is 17.4 Å². The molecule has 0 bridgehead atoms. The van der Waals surface area contributed by atoms with Crippen LogP contribution in [-0.4, -0.2) is 27.4 Å². The number of hydrogen-bond acceptors (Lipinski definition) is 4. The predicted octanol–water partition coefficient (Wildman–Crippen LogP) is 5.85. The second-order valence-electron chi connectivity index (χ2n) is 7.45. The molecule has 0 aliphatic rings. The lowest BCUT2D eigenvalue weighted by Crippen LogP contribution is -2.30. The number of carbonyl (C=O) groups excluding carboxylic acids is 1. The van der Waals surface area contributed by atoms with E-state index in [1.165, 1.54) is 21.2 Å². The molecule has 170 valence electrons. The molecule has 4 rings (SSSR count). The van der Waals surface area contributed by atoms with E-state index in [1.54, 1.807) is 37.3 Å². The molecule has 0 saturated carbocycles. The summed E-state index contributed by atoms with van der Waals surface area (Å²) in [6.45, 7) is 2.65. The van der Waals surface area contributed by atoms with Crippen LogP contribution < -0.4 is 9.62 Å². The van der Waals surface area contributed by atoms with E-state index in [4.69, 9.17) is 0 Å². The minimum absolute atomic E-state index is 0.122. The summed E-state index contributed by atoms with van der Waals surface area (Å²) >= 11 is 4.74. The fraction of sp³-hybridized carbons (Fsp3) is 0.160. The average Bonchev–Trinajstić information content (AvgIpc) is 3.24. The highest BCUT2D eigenvalue weighted by atomic mass is 79.9. The normalized spacial score (nSPS) is 11.5. The average molecular weight is 544 g/mol. The minimum atomic E-state index is -3.70. The van der Waals surface area contributed by atoms with Gasteiger partial charge in [-0.05, 0) is 72.8 Å². The molecule has 0 aliphatic heterocycles. The standard InChI is InChI=1S/C25H23BrN2O3S2/c1-2-28(33(30,31)22-11-8-20(26)9-12-22)21-10-13-23-19(16-21)17-24(32-23)25(29)27-15-14-18-6-4-3-5-7-18/h3-13,16-17H,2,14-15H2,1H3,(H,27,29). The van der Waals surface area contributed by atoms with Gasteiger partial charge in [0.1, 0.15) is 0 Å². The van der Waals surface area contributed by atoms with Crippen LogP contribution in [0, 0.1) is 0 Å². The zero-order chi connectivity index (χ0) is 23.4. The topological polar surface area (TPSA) is 66.5 Å². The number of hydrogen-bond donors (Lipinski definition) is 1. The van der Waals surface area contributed by atoms with Gasteiger partial charge in [-0.1, -0.05) is 46.3 Å². The van der Waals surface area contributed by atoms with Gasteiger partial charge in [0.15, 0.2) is 0 Å².